The molecule has 0 aliphatic carbocycles. The van der Waals surface area contributed by atoms with E-state index in [0.29, 0.717) is 13.2 Å². The van der Waals surface area contributed by atoms with E-state index in [0.717, 1.165) is 4.88 Å². The van der Waals surface area contributed by atoms with Gasteiger partial charge >= 0.3 is 5.97 Å². The van der Waals surface area contributed by atoms with Gasteiger partial charge in [-0.05, 0) is 17.5 Å². The molecular formula is C14H23NO3S. The summed E-state index contributed by atoms with van der Waals surface area (Å²) in [6, 6.07) is 3.65. The molecule has 1 N–H and O–H groups in total. The van der Waals surface area contributed by atoms with Crippen molar-refractivity contribution in [3.8, 4) is 0 Å². The van der Waals surface area contributed by atoms with E-state index >= 15 is 0 Å². The molecule has 0 bridgehead atoms. The second-order valence-electron chi connectivity index (χ2n) is 5.36. The number of hydrogen-bond donors (Lipinski definition) is 1. The molecular weight excluding hydrogens is 262 g/mol. The number of methoxy groups -OCH3 is 2. The van der Waals surface area contributed by atoms with Crippen LogP contribution in [0.3, 0.4) is 0 Å². The van der Waals surface area contributed by atoms with Crippen molar-refractivity contribution < 1.29 is 14.3 Å². The Morgan fingerprint density at radius 1 is 1.37 bits per heavy atom. The summed E-state index contributed by atoms with van der Waals surface area (Å²) < 4.78 is 9.85. The molecule has 19 heavy (non-hydrogen) atoms. The molecule has 1 unspecified atom stereocenters. The lowest BCUT2D eigenvalue weighted by atomic mass is 9.95. The van der Waals surface area contributed by atoms with Gasteiger partial charge in [0.2, 0.25) is 0 Å². The molecule has 0 radical (unpaired) electrons. The van der Waals surface area contributed by atoms with Crippen molar-refractivity contribution in [2.45, 2.75) is 32.2 Å². The maximum Gasteiger partial charge on any atom is 0.328 e. The summed E-state index contributed by atoms with van der Waals surface area (Å²) in [5.41, 5.74) is 0.0934. The quantitative estimate of drug-likeness (QED) is 0.644. The zero-order valence-corrected chi connectivity index (χ0v) is 13.1. The number of hydrogen-bond acceptors (Lipinski definition) is 5. The Morgan fingerprint density at radius 3 is 2.53 bits per heavy atom. The summed E-state index contributed by atoms with van der Waals surface area (Å²) in [7, 11) is 3.04. The van der Waals surface area contributed by atoms with E-state index in [9.17, 15) is 4.79 Å². The average molecular weight is 285 g/mol. The largest absolute Gasteiger partial charge is 0.468 e. The van der Waals surface area contributed by atoms with Gasteiger partial charge in [-0.15, -0.1) is 11.3 Å². The Bertz CT molecular complexity index is 409. The number of ether oxygens (including phenoxy) is 2. The minimum Gasteiger partial charge on any atom is -0.468 e. The molecule has 4 nitrogen and oxygen atoms in total. The van der Waals surface area contributed by atoms with E-state index in [4.69, 9.17) is 9.47 Å². The molecule has 5 heteroatoms. The third-order valence-corrected chi connectivity index (χ3v) is 4.32. The van der Waals surface area contributed by atoms with Crippen molar-refractivity contribution in [1.82, 2.24) is 5.32 Å². The van der Waals surface area contributed by atoms with E-state index in [1.54, 1.807) is 18.4 Å². The number of thiophene rings is 1. The number of carbonyl (C=O) groups is 1. The highest BCUT2D eigenvalue weighted by atomic mass is 32.1. The Labute approximate surface area is 119 Å². The maximum atomic E-state index is 11.8. The van der Waals surface area contributed by atoms with Crippen LogP contribution in [-0.4, -0.2) is 33.3 Å². The molecule has 1 aromatic heterocycles. The monoisotopic (exact) mass is 285 g/mol. The van der Waals surface area contributed by atoms with Crippen LogP contribution in [0.4, 0.5) is 0 Å². The molecule has 0 aliphatic heterocycles. The van der Waals surface area contributed by atoms with E-state index in [-0.39, 0.29) is 11.4 Å². The molecule has 0 amide bonds. The first-order valence-corrected chi connectivity index (χ1v) is 7.12. The lowest BCUT2D eigenvalue weighted by Crippen LogP contribution is -2.31. The van der Waals surface area contributed by atoms with Crippen molar-refractivity contribution >= 4 is 17.3 Å². The average Bonchev–Trinajstić information content (AvgIpc) is 2.83. The van der Waals surface area contributed by atoms with Gasteiger partial charge in [0.15, 0.2) is 0 Å². The van der Waals surface area contributed by atoms with E-state index in [2.05, 4.69) is 32.2 Å². The Hall–Kier alpha value is -0.910. The molecule has 108 valence electrons. The Kier molecular flexibility index (Phi) is 5.97. The van der Waals surface area contributed by atoms with Gasteiger partial charge in [-0.3, -0.25) is 5.32 Å². The second kappa shape index (κ2) is 7.03. The van der Waals surface area contributed by atoms with Crippen molar-refractivity contribution in [2.24, 2.45) is 0 Å². The van der Waals surface area contributed by atoms with Gasteiger partial charge in [0, 0.05) is 23.4 Å². The zero-order chi connectivity index (χ0) is 14.5. The van der Waals surface area contributed by atoms with Gasteiger partial charge in [0.1, 0.15) is 6.04 Å². The lowest BCUT2D eigenvalue weighted by molar-refractivity contribution is -0.143. The summed E-state index contributed by atoms with van der Waals surface area (Å²) in [6.07, 6.45) is 0. The van der Waals surface area contributed by atoms with Crippen LogP contribution >= 0.6 is 11.3 Å². The lowest BCUT2D eigenvalue weighted by Gasteiger charge is -2.17. The highest BCUT2D eigenvalue weighted by Crippen LogP contribution is 2.32. The van der Waals surface area contributed by atoms with Gasteiger partial charge in [-0.1, -0.05) is 20.8 Å². The highest BCUT2D eigenvalue weighted by Gasteiger charge is 2.25. The SMILES string of the molecule is COCCNC(C(=O)OC)c1ccc(C(C)(C)C)s1. The van der Waals surface area contributed by atoms with Gasteiger partial charge in [0.05, 0.1) is 13.7 Å². The van der Waals surface area contributed by atoms with E-state index < -0.39 is 6.04 Å². The molecule has 0 saturated heterocycles. The molecule has 0 fully saturated rings. The predicted molar refractivity (Wildman–Crippen MR) is 77.7 cm³/mol. The molecule has 0 spiro atoms. The second-order valence-corrected chi connectivity index (χ2v) is 6.47. The standard InChI is InChI=1S/C14H23NO3S/c1-14(2,3)11-7-6-10(19-11)12(13(16)18-5)15-8-9-17-4/h6-7,12,15H,8-9H2,1-5H3. The fourth-order valence-electron chi connectivity index (χ4n) is 1.63. The zero-order valence-electron chi connectivity index (χ0n) is 12.3. The van der Waals surface area contributed by atoms with Crippen LogP contribution < -0.4 is 5.32 Å². The van der Waals surface area contributed by atoms with Gasteiger partial charge in [-0.25, -0.2) is 4.79 Å². The molecule has 1 aromatic rings. The molecule has 0 saturated carbocycles. The van der Waals surface area contributed by atoms with Gasteiger partial charge < -0.3 is 9.47 Å². The minimum absolute atomic E-state index is 0.0934. The van der Waals surface area contributed by atoms with Crippen molar-refractivity contribution in [3.05, 3.63) is 21.9 Å². The summed E-state index contributed by atoms with van der Waals surface area (Å²) >= 11 is 1.65. The fourth-order valence-corrected chi connectivity index (χ4v) is 2.76. The van der Waals surface area contributed by atoms with Gasteiger partial charge in [0.25, 0.3) is 0 Å². The third kappa shape index (κ3) is 4.60. The minimum atomic E-state index is -0.416. The van der Waals surface area contributed by atoms with Crippen LogP contribution in [0, 0.1) is 0 Å². The number of rotatable bonds is 6. The molecule has 1 rings (SSSR count). The van der Waals surface area contributed by atoms with E-state index in [1.807, 2.05) is 6.07 Å². The molecule has 1 heterocycles. The Morgan fingerprint density at radius 2 is 2.05 bits per heavy atom. The van der Waals surface area contributed by atoms with Crippen LogP contribution in [0.25, 0.3) is 0 Å². The number of nitrogens with one attached hydrogen (secondary N) is 1. The molecule has 0 aliphatic rings. The van der Waals surface area contributed by atoms with Crippen LogP contribution in [0.2, 0.25) is 0 Å². The molecule has 0 aromatic carbocycles. The van der Waals surface area contributed by atoms with Crippen LogP contribution in [0.1, 0.15) is 36.6 Å². The van der Waals surface area contributed by atoms with Gasteiger partial charge in [-0.2, -0.15) is 0 Å². The van der Waals surface area contributed by atoms with E-state index in [1.165, 1.54) is 12.0 Å². The van der Waals surface area contributed by atoms with Crippen LogP contribution in [0.15, 0.2) is 12.1 Å². The first-order valence-electron chi connectivity index (χ1n) is 6.30. The summed E-state index contributed by atoms with van der Waals surface area (Å²) in [5.74, 6) is -0.265. The summed E-state index contributed by atoms with van der Waals surface area (Å²) in [4.78, 5) is 14.1. The third-order valence-electron chi connectivity index (χ3n) is 2.74. The first kappa shape index (κ1) is 16.1. The fraction of sp³-hybridized carbons (Fsp3) is 0.643. The number of carbonyl (C=O) groups excluding carboxylic acids is 1. The highest BCUT2D eigenvalue weighted by molar-refractivity contribution is 7.12. The molecule has 1 atom stereocenters. The van der Waals surface area contributed by atoms with Crippen molar-refractivity contribution in [2.75, 3.05) is 27.4 Å². The predicted octanol–water partition coefficient (Wildman–Crippen LogP) is 2.50. The van der Waals surface area contributed by atoms with Crippen molar-refractivity contribution in [3.63, 3.8) is 0 Å². The normalized spacial score (nSPS) is 13.3. The number of esters is 1. The smallest absolute Gasteiger partial charge is 0.328 e. The maximum absolute atomic E-state index is 11.8. The Balaban J connectivity index is 2.85. The van der Waals surface area contributed by atoms with Crippen LogP contribution in [0.5, 0.6) is 0 Å². The first-order chi connectivity index (χ1) is 8.90. The van der Waals surface area contributed by atoms with Crippen LogP contribution in [-0.2, 0) is 19.7 Å². The summed E-state index contributed by atoms with van der Waals surface area (Å²) in [6.45, 7) is 7.65. The summed E-state index contributed by atoms with van der Waals surface area (Å²) in [5, 5.41) is 3.16. The van der Waals surface area contributed by atoms with Crippen molar-refractivity contribution in [1.29, 1.82) is 0 Å². The topological polar surface area (TPSA) is 47.6 Å².